The molecule has 1 heterocycles. The van der Waals surface area contributed by atoms with Gasteiger partial charge < -0.3 is 16.4 Å². The molecule has 1 amide bonds. The molecule has 0 saturated heterocycles. The largest absolute Gasteiger partial charge is 0.379 e. The number of hydrogen-bond acceptors (Lipinski definition) is 5. The molecule has 4 N–H and O–H groups in total. The lowest BCUT2D eigenvalue weighted by Crippen LogP contribution is -2.21. The molecular formula is C14H18N4O3. The van der Waals surface area contributed by atoms with E-state index in [2.05, 4.69) is 16.7 Å². The Hall–Kier alpha value is -2.41. The smallest absolute Gasteiger partial charge is 0.293 e. The monoisotopic (exact) mass is 290 g/mol. The van der Waals surface area contributed by atoms with Gasteiger partial charge in [-0.2, -0.15) is 0 Å². The summed E-state index contributed by atoms with van der Waals surface area (Å²) >= 11 is 0. The average molecular weight is 290 g/mol. The second-order valence-electron chi connectivity index (χ2n) is 4.85. The molecule has 7 nitrogen and oxygen atoms in total. The number of carbonyl (C=O) groups is 1. The van der Waals surface area contributed by atoms with Crippen molar-refractivity contribution < 1.29 is 9.72 Å². The van der Waals surface area contributed by atoms with Crippen molar-refractivity contribution in [3.05, 3.63) is 45.5 Å². The minimum Gasteiger partial charge on any atom is -0.379 e. The minimum absolute atomic E-state index is 0.133. The maximum Gasteiger partial charge on any atom is 0.293 e. The fourth-order valence-corrected chi connectivity index (χ4v) is 2.24. The van der Waals surface area contributed by atoms with Crippen molar-refractivity contribution in [3.8, 4) is 0 Å². The molecule has 0 aromatic heterocycles. The number of nitro groups is 1. The van der Waals surface area contributed by atoms with E-state index in [0.29, 0.717) is 12.2 Å². The topological polar surface area (TPSA) is 110 Å². The lowest BCUT2D eigenvalue weighted by Gasteiger charge is -2.14. The van der Waals surface area contributed by atoms with Gasteiger partial charge in [-0.1, -0.05) is 11.6 Å². The lowest BCUT2D eigenvalue weighted by molar-refractivity contribution is -0.384. The average Bonchev–Trinajstić information content (AvgIpc) is 2.48. The van der Waals surface area contributed by atoms with Gasteiger partial charge in [0.2, 0.25) is 5.91 Å². The number of hydrogen-bond donors (Lipinski definition) is 3. The van der Waals surface area contributed by atoms with Crippen LogP contribution in [0.15, 0.2) is 29.8 Å². The number of carbonyl (C=O) groups excluding carboxylic acids is 1. The van der Waals surface area contributed by atoms with Crippen LogP contribution in [0.2, 0.25) is 0 Å². The Labute approximate surface area is 122 Å². The zero-order valence-electron chi connectivity index (χ0n) is 11.6. The predicted octanol–water partition coefficient (Wildman–Crippen LogP) is 1.42. The maximum atomic E-state index is 11.1. The van der Waals surface area contributed by atoms with E-state index in [1.165, 1.54) is 23.8 Å². The van der Waals surface area contributed by atoms with Gasteiger partial charge in [-0.05, 0) is 31.5 Å². The summed E-state index contributed by atoms with van der Waals surface area (Å²) in [5.41, 5.74) is 6.88. The lowest BCUT2D eigenvalue weighted by atomic mass is 10.1. The van der Waals surface area contributed by atoms with Gasteiger partial charge in [-0.15, -0.1) is 0 Å². The van der Waals surface area contributed by atoms with Gasteiger partial charge in [0.15, 0.2) is 0 Å². The molecule has 0 spiro atoms. The van der Waals surface area contributed by atoms with Crippen molar-refractivity contribution >= 4 is 17.3 Å². The predicted molar refractivity (Wildman–Crippen MR) is 80.3 cm³/mol. The van der Waals surface area contributed by atoms with Crippen LogP contribution in [-0.2, 0) is 0 Å². The van der Waals surface area contributed by atoms with Crippen LogP contribution >= 0.6 is 0 Å². The van der Waals surface area contributed by atoms with Crippen LogP contribution < -0.4 is 16.4 Å². The highest BCUT2D eigenvalue weighted by Crippen LogP contribution is 2.25. The number of nitrogens with zero attached hydrogens (tertiary/aromatic N) is 1. The van der Waals surface area contributed by atoms with Crippen molar-refractivity contribution in [3.63, 3.8) is 0 Å². The van der Waals surface area contributed by atoms with Crippen molar-refractivity contribution in [2.24, 2.45) is 5.73 Å². The Balaban J connectivity index is 2.03. The molecule has 1 aliphatic heterocycles. The van der Waals surface area contributed by atoms with Crippen molar-refractivity contribution in [1.82, 2.24) is 5.32 Å². The number of anilines is 1. The number of nitrogens with two attached hydrogens (primary N) is 1. The van der Waals surface area contributed by atoms with Gasteiger partial charge in [0.25, 0.3) is 5.69 Å². The van der Waals surface area contributed by atoms with Gasteiger partial charge in [0, 0.05) is 24.7 Å². The van der Waals surface area contributed by atoms with E-state index in [-0.39, 0.29) is 11.3 Å². The van der Waals surface area contributed by atoms with Crippen LogP contribution in [0.5, 0.6) is 0 Å². The molecule has 21 heavy (non-hydrogen) atoms. The highest BCUT2D eigenvalue weighted by atomic mass is 16.6. The molecule has 1 aromatic rings. The number of nitro benzene ring substituents is 1. The van der Waals surface area contributed by atoms with E-state index in [9.17, 15) is 14.9 Å². The summed E-state index contributed by atoms with van der Waals surface area (Å²) in [7, 11) is 0. The van der Waals surface area contributed by atoms with E-state index in [4.69, 9.17) is 5.73 Å². The minimum atomic E-state index is -0.676. The molecule has 7 heteroatoms. The molecule has 1 aliphatic rings. The number of benzene rings is 1. The Kier molecular flexibility index (Phi) is 4.89. The van der Waals surface area contributed by atoms with Gasteiger partial charge in [-0.3, -0.25) is 14.9 Å². The number of nitrogens with one attached hydrogen (secondary N) is 2. The molecule has 0 fully saturated rings. The summed E-state index contributed by atoms with van der Waals surface area (Å²) in [6, 6.07) is 4.21. The summed E-state index contributed by atoms with van der Waals surface area (Å²) in [6.45, 7) is 2.46. The summed E-state index contributed by atoms with van der Waals surface area (Å²) < 4.78 is 0. The molecular weight excluding hydrogens is 272 g/mol. The van der Waals surface area contributed by atoms with E-state index >= 15 is 0 Å². The van der Waals surface area contributed by atoms with E-state index < -0.39 is 10.8 Å². The molecule has 2 rings (SSSR count). The first-order chi connectivity index (χ1) is 10.1. The second-order valence-corrected chi connectivity index (χ2v) is 4.85. The zero-order valence-corrected chi connectivity index (χ0v) is 11.6. The molecule has 0 unspecified atom stereocenters. The van der Waals surface area contributed by atoms with E-state index in [0.717, 1.165) is 25.9 Å². The molecule has 0 atom stereocenters. The maximum absolute atomic E-state index is 11.1. The first kappa shape index (κ1) is 15.0. The summed E-state index contributed by atoms with van der Waals surface area (Å²) in [5, 5.41) is 17.3. The Morgan fingerprint density at radius 2 is 2.29 bits per heavy atom. The van der Waals surface area contributed by atoms with E-state index in [1.807, 2.05) is 0 Å². The van der Waals surface area contributed by atoms with Gasteiger partial charge in [0.05, 0.1) is 4.92 Å². The first-order valence-electron chi connectivity index (χ1n) is 6.78. The quantitative estimate of drug-likeness (QED) is 0.417. The standard InChI is InChI=1S/C14H18N4O3/c15-14(19)11-1-2-12(13(9-11)18(20)21)17-8-5-10-3-6-16-7-4-10/h1-3,9,16-17H,4-8H2,(H2,15,19). The second kappa shape index (κ2) is 6.85. The first-order valence-corrected chi connectivity index (χ1v) is 6.78. The van der Waals surface area contributed by atoms with Gasteiger partial charge in [0.1, 0.15) is 5.69 Å². The van der Waals surface area contributed by atoms with Crippen LogP contribution in [0.4, 0.5) is 11.4 Å². The van der Waals surface area contributed by atoms with Crippen LogP contribution in [0.1, 0.15) is 23.2 Å². The van der Waals surface area contributed by atoms with Crippen LogP contribution in [0.3, 0.4) is 0 Å². The van der Waals surface area contributed by atoms with Crippen LogP contribution in [-0.4, -0.2) is 30.5 Å². The summed E-state index contributed by atoms with van der Waals surface area (Å²) in [6.07, 6.45) is 4.00. The van der Waals surface area contributed by atoms with Crippen molar-refractivity contribution in [2.45, 2.75) is 12.8 Å². The van der Waals surface area contributed by atoms with Crippen LogP contribution in [0, 0.1) is 10.1 Å². The number of amides is 1. The Morgan fingerprint density at radius 3 is 2.90 bits per heavy atom. The highest BCUT2D eigenvalue weighted by Gasteiger charge is 2.16. The number of primary amides is 1. The Morgan fingerprint density at radius 1 is 1.48 bits per heavy atom. The third-order valence-corrected chi connectivity index (χ3v) is 3.40. The molecule has 0 radical (unpaired) electrons. The molecule has 1 aromatic carbocycles. The molecule has 112 valence electrons. The van der Waals surface area contributed by atoms with Crippen molar-refractivity contribution in [1.29, 1.82) is 0 Å². The molecule has 0 bridgehead atoms. The highest BCUT2D eigenvalue weighted by molar-refractivity contribution is 5.94. The third kappa shape index (κ3) is 4.03. The van der Waals surface area contributed by atoms with Crippen molar-refractivity contribution in [2.75, 3.05) is 25.0 Å². The Bertz CT molecular complexity index is 584. The van der Waals surface area contributed by atoms with Gasteiger partial charge >= 0.3 is 0 Å². The fraction of sp³-hybridized carbons (Fsp3) is 0.357. The van der Waals surface area contributed by atoms with Crippen LogP contribution in [0.25, 0.3) is 0 Å². The third-order valence-electron chi connectivity index (χ3n) is 3.40. The van der Waals surface area contributed by atoms with E-state index in [1.54, 1.807) is 0 Å². The molecule has 0 aliphatic carbocycles. The zero-order chi connectivity index (χ0) is 15.2. The number of rotatable bonds is 6. The van der Waals surface area contributed by atoms with Gasteiger partial charge in [-0.25, -0.2) is 0 Å². The summed E-state index contributed by atoms with van der Waals surface area (Å²) in [5.74, 6) is -0.676. The molecule has 0 saturated carbocycles. The normalized spacial score (nSPS) is 14.4. The summed E-state index contributed by atoms with van der Waals surface area (Å²) in [4.78, 5) is 21.6. The fourth-order valence-electron chi connectivity index (χ4n) is 2.24. The SMILES string of the molecule is NC(=O)c1ccc(NCCC2=CCNCC2)c([N+](=O)[O-])c1.